The van der Waals surface area contributed by atoms with Gasteiger partial charge in [0.2, 0.25) is 0 Å². The second-order valence-corrected chi connectivity index (χ2v) is 7.99. The van der Waals surface area contributed by atoms with E-state index >= 15 is 0 Å². The van der Waals surface area contributed by atoms with Crippen molar-refractivity contribution >= 4 is 17.3 Å². The van der Waals surface area contributed by atoms with E-state index in [1.165, 1.54) is 5.56 Å². The first-order chi connectivity index (χ1) is 14.1. The summed E-state index contributed by atoms with van der Waals surface area (Å²) < 4.78 is 5.52. The fourth-order valence-corrected chi connectivity index (χ4v) is 4.11. The molecule has 3 aromatic carbocycles. The van der Waals surface area contributed by atoms with Crippen LogP contribution in [0.15, 0.2) is 78.9 Å². The van der Waals surface area contributed by atoms with Crippen molar-refractivity contribution in [1.29, 1.82) is 0 Å². The summed E-state index contributed by atoms with van der Waals surface area (Å²) >= 11 is 1.60. The molecule has 0 amide bonds. The summed E-state index contributed by atoms with van der Waals surface area (Å²) in [6.45, 7) is 4.06. The molecule has 0 fully saturated rings. The number of hydrogen-bond acceptors (Lipinski definition) is 4. The molecule has 4 heteroatoms. The molecule has 29 heavy (non-hydrogen) atoms. The normalized spacial score (nSPS) is 10.7. The van der Waals surface area contributed by atoms with Crippen LogP contribution in [0.5, 0.6) is 5.75 Å². The predicted octanol–water partition coefficient (Wildman–Crippen LogP) is 6.24. The monoisotopic (exact) mass is 399 g/mol. The van der Waals surface area contributed by atoms with Crippen LogP contribution in [-0.4, -0.2) is 11.0 Å². The van der Waals surface area contributed by atoms with Crippen molar-refractivity contribution in [2.24, 2.45) is 0 Å². The summed E-state index contributed by atoms with van der Waals surface area (Å²) in [4.78, 5) is 18.4. The Balaban J connectivity index is 1.65. The SMILES string of the molecule is Cc1ccc(OC(=O)Cc2nc(-c3ccccc3)sc2-c2ccc(C)cc2)cc1. The highest BCUT2D eigenvalue weighted by atomic mass is 32.1. The maximum absolute atomic E-state index is 12.6. The molecule has 1 heterocycles. The zero-order chi connectivity index (χ0) is 20.2. The number of hydrogen-bond donors (Lipinski definition) is 0. The molecular formula is C25H21NO2S. The van der Waals surface area contributed by atoms with Crippen LogP contribution < -0.4 is 4.74 Å². The number of carbonyl (C=O) groups is 1. The Morgan fingerprint density at radius 1 is 0.828 bits per heavy atom. The maximum atomic E-state index is 12.6. The Labute approximate surface area is 174 Å². The number of nitrogens with zero attached hydrogens (tertiary/aromatic N) is 1. The third-order valence-electron chi connectivity index (χ3n) is 4.60. The summed E-state index contributed by atoms with van der Waals surface area (Å²) in [5.41, 5.74) is 5.17. The lowest BCUT2D eigenvalue weighted by Crippen LogP contribution is -2.12. The highest BCUT2D eigenvalue weighted by Gasteiger charge is 2.18. The molecular weight excluding hydrogens is 378 g/mol. The van der Waals surface area contributed by atoms with Gasteiger partial charge < -0.3 is 4.74 Å². The van der Waals surface area contributed by atoms with E-state index in [0.29, 0.717) is 5.75 Å². The molecule has 4 rings (SSSR count). The van der Waals surface area contributed by atoms with Crippen LogP contribution in [0.4, 0.5) is 0 Å². The van der Waals surface area contributed by atoms with E-state index in [0.717, 1.165) is 32.3 Å². The van der Waals surface area contributed by atoms with Crippen molar-refractivity contribution in [3.63, 3.8) is 0 Å². The number of thiazole rings is 1. The van der Waals surface area contributed by atoms with E-state index in [2.05, 4.69) is 31.2 Å². The summed E-state index contributed by atoms with van der Waals surface area (Å²) in [6.07, 6.45) is 0.125. The molecule has 0 N–H and O–H groups in total. The average molecular weight is 400 g/mol. The molecule has 3 nitrogen and oxygen atoms in total. The molecule has 1 aromatic heterocycles. The van der Waals surface area contributed by atoms with Crippen molar-refractivity contribution in [3.8, 4) is 26.8 Å². The zero-order valence-corrected chi connectivity index (χ0v) is 17.2. The first kappa shape index (κ1) is 19.1. The number of benzene rings is 3. The summed E-state index contributed by atoms with van der Waals surface area (Å²) in [7, 11) is 0. The molecule has 0 unspecified atom stereocenters. The van der Waals surface area contributed by atoms with Gasteiger partial charge in [0.25, 0.3) is 0 Å². The fourth-order valence-electron chi connectivity index (χ4n) is 3.02. The molecule has 0 spiro atoms. The first-order valence-electron chi connectivity index (χ1n) is 9.48. The van der Waals surface area contributed by atoms with E-state index in [4.69, 9.17) is 9.72 Å². The highest BCUT2D eigenvalue weighted by Crippen LogP contribution is 2.36. The molecule has 0 aliphatic rings. The quantitative estimate of drug-likeness (QED) is 0.294. The Morgan fingerprint density at radius 2 is 1.45 bits per heavy atom. The predicted molar refractivity (Wildman–Crippen MR) is 118 cm³/mol. The third-order valence-corrected chi connectivity index (χ3v) is 5.79. The average Bonchev–Trinajstić information content (AvgIpc) is 3.14. The number of aromatic nitrogens is 1. The van der Waals surface area contributed by atoms with Gasteiger partial charge in [0.1, 0.15) is 10.8 Å². The fraction of sp³-hybridized carbons (Fsp3) is 0.120. The molecule has 0 saturated heterocycles. The smallest absolute Gasteiger partial charge is 0.317 e. The number of aryl methyl sites for hydroxylation is 2. The van der Waals surface area contributed by atoms with Crippen LogP contribution in [0.1, 0.15) is 16.8 Å². The van der Waals surface area contributed by atoms with Gasteiger partial charge >= 0.3 is 5.97 Å². The van der Waals surface area contributed by atoms with Gasteiger partial charge in [0, 0.05) is 5.56 Å². The van der Waals surface area contributed by atoms with Gasteiger partial charge in [-0.25, -0.2) is 4.98 Å². The van der Waals surface area contributed by atoms with E-state index in [1.54, 1.807) is 11.3 Å². The molecule has 0 aliphatic heterocycles. The molecule has 0 atom stereocenters. The van der Waals surface area contributed by atoms with Crippen LogP contribution in [0, 0.1) is 13.8 Å². The van der Waals surface area contributed by atoms with E-state index in [9.17, 15) is 4.79 Å². The van der Waals surface area contributed by atoms with Gasteiger partial charge in [-0.05, 0) is 31.5 Å². The highest BCUT2D eigenvalue weighted by molar-refractivity contribution is 7.18. The minimum atomic E-state index is -0.313. The third kappa shape index (κ3) is 4.61. The molecule has 0 radical (unpaired) electrons. The standard InChI is InChI=1S/C25H21NO2S/c1-17-8-12-19(13-9-17)24-22(26-25(29-24)20-6-4-3-5-7-20)16-23(27)28-21-14-10-18(2)11-15-21/h3-15H,16H2,1-2H3. The summed E-state index contributed by atoms with van der Waals surface area (Å²) in [5.74, 6) is 0.239. The minimum absolute atomic E-state index is 0.125. The summed E-state index contributed by atoms with van der Waals surface area (Å²) in [6, 6.07) is 25.8. The van der Waals surface area contributed by atoms with Crippen LogP contribution >= 0.6 is 11.3 Å². The lowest BCUT2D eigenvalue weighted by molar-refractivity contribution is -0.133. The van der Waals surface area contributed by atoms with Crippen LogP contribution in [0.3, 0.4) is 0 Å². The van der Waals surface area contributed by atoms with Crippen molar-refractivity contribution in [1.82, 2.24) is 4.98 Å². The number of esters is 1. The van der Waals surface area contributed by atoms with Gasteiger partial charge in [0.15, 0.2) is 0 Å². The van der Waals surface area contributed by atoms with Gasteiger partial charge in [-0.2, -0.15) is 0 Å². The number of carbonyl (C=O) groups excluding carboxylic acids is 1. The number of rotatable bonds is 5. The number of ether oxygens (including phenoxy) is 1. The molecule has 144 valence electrons. The van der Waals surface area contributed by atoms with Crippen LogP contribution in [0.25, 0.3) is 21.0 Å². The Morgan fingerprint density at radius 3 is 2.10 bits per heavy atom. The lowest BCUT2D eigenvalue weighted by atomic mass is 10.1. The Bertz CT molecular complexity index is 1110. The Hall–Kier alpha value is -3.24. The van der Waals surface area contributed by atoms with Gasteiger partial charge in [-0.3, -0.25) is 4.79 Å². The minimum Gasteiger partial charge on any atom is -0.426 e. The zero-order valence-electron chi connectivity index (χ0n) is 16.4. The van der Waals surface area contributed by atoms with Crippen molar-refractivity contribution in [2.45, 2.75) is 20.3 Å². The summed E-state index contributed by atoms with van der Waals surface area (Å²) in [5, 5.41) is 0.902. The molecule has 0 bridgehead atoms. The molecule has 4 aromatic rings. The van der Waals surface area contributed by atoms with Gasteiger partial charge in [-0.15, -0.1) is 11.3 Å². The maximum Gasteiger partial charge on any atom is 0.317 e. The molecule has 0 saturated carbocycles. The van der Waals surface area contributed by atoms with Crippen molar-refractivity contribution < 1.29 is 9.53 Å². The largest absolute Gasteiger partial charge is 0.426 e. The van der Waals surface area contributed by atoms with Crippen LogP contribution in [-0.2, 0) is 11.2 Å². The van der Waals surface area contributed by atoms with E-state index in [1.807, 2.05) is 61.5 Å². The van der Waals surface area contributed by atoms with Crippen LogP contribution in [0.2, 0.25) is 0 Å². The first-order valence-corrected chi connectivity index (χ1v) is 10.3. The van der Waals surface area contributed by atoms with Crippen molar-refractivity contribution in [3.05, 3.63) is 95.7 Å². The topological polar surface area (TPSA) is 39.2 Å². The van der Waals surface area contributed by atoms with E-state index in [-0.39, 0.29) is 12.4 Å². The van der Waals surface area contributed by atoms with Gasteiger partial charge in [-0.1, -0.05) is 77.9 Å². The van der Waals surface area contributed by atoms with Crippen molar-refractivity contribution in [2.75, 3.05) is 0 Å². The second kappa shape index (κ2) is 8.41. The lowest BCUT2D eigenvalue weighted by Gasteiger charge is -2.05. The van der Waals surface area contributed by atoms with Gasteiger partial charge in [0.05, 0.1) is 17.0 Å². The molecule has 0 aliphatic carbocycles. The second-order valence-electron chi connectivity index (χ2n) is 6.99. The Kier molecular flexibility index (Phi) is 5.54. The van der Waals surface area contributed by atoms with E-state index < -0.39 is 0 Å².